The molecular formula is C44H74ClN3O13. The molecule has 0 spiro atoms. The van der Waals surface area contributed by atoms with E-state index in [1.54, 1.807) is 72.7 Å². The lowest BCUT2D eigenvalue weighted by Crippen LogP contribution is -2.61. The second-order valence-corrected chi connectivity index (χ2v) is 19.3. The molecule has 61 heavy (non-hydrogen) atoms. The van der Waals surface area contributed by atoms with Gasteiger partial charge in [-0.05, 0) is 106 Å². The Balaban J connectivity index is 1.86. The number of hydrogen-bond acceptors (Lipinski definition) is 14. The summed E-state index contributed by atoms with van der Waals surface area (Å²) in [6.07, 6.45) is -9.87. The van der Waals surface area contributed by atoms with Gasteiger partial charge in [0.05, 0.1) is 47.6 Å². The first-order valence-corrected chi connectivity index (χ1v) is 22.0. The standard InChI is InChI=1S/C44H74ClN3O13/c1-14-32-44(10,55)36(50)27(6)48(41(53)46-30-17-15-16-29(45)19-30)22-23(2)20-42(8,54)38(61-40-34(49)31(47(11)12)18-24(3)57-40)25(4)35(26(5)39(52)59-32)60-33-21-43(9,56-13)37(51)28(7)58-33/h15-17,19,23-28,31-38,40,49-51,54-55H,14,18,20-22H2,1-13H3,(H,46,53)/t23-,24-,25+,26-,27-,28+,31+,32-,33+,34-,35+,36-,37+,38-,40+,42-,43-,44-/m1/s1. The number of esters is 1. The van der Waals surface area contributed by atoms with Crippen LogP contribution in [0.2, 0.25) is 5.02 Å². The molecule has 2 amide bonds. The van der Waals surface area contributed by atoms with Gasteiger partial charge in [0.25, 0.3) is 0 Å². The second kappa shape index (κ2) is 20.8. The van der Waals surface area contributed by atoms with Gasteiger partial charge >= 0.3 is 12.0 Å². The van der Waals surface area contributed by atoms with E-state index in [4.69, 9.17) is 40.0 Å². The quantitative estimate of drug-likeness (QED) is 0.203. The fourth-order valence-corrected chi connectivity index (χ4v) is 9.73. The molecule has 1 aromatic carbocycles. The zero-order chi connectivity index (χ0) is 45.9. The Morgan fingerprint density at radius 2 is 1.66 bits per heavy atom. The number of hydrogen-bond donors (Lipinski definition) is 6. The van der Waals surface area contributed by atoms with Crippen molar-refractivity contribution < 1.29 is 63.5 Å². The van der Waals surface area contributed by atoms with Crippen molar-refractivity contribution in [1.82, 2.24) is 9.80 Å². The van der Waals surface area contributed by atoms with E-state index in [1.807, 2.05) is 32.8 Å². The molecule has 0 aromatic heterocycles. The molecule has 3 fully saturated rings. The summed E-state index contributed by atoms with van der Waals surface area (Å²) in [7, 11) is 5.19. The van der Waals surface area contributed by atoms with Crippen LogP contribution in [-0.4, -0.2) is 165 Å². The molecule has 0 bridgehead atoms. The van der Waals surface area contributed by atoms with Crippen molar-refractivity contribution in [1.29, 1.82) is 0 Å². The van der Waals surface area contributed by atoms with Crippen LogP contribution in [-0.2, 0) is 33.2 Å². The molecule has 17 heteroatoms. The van der Waals surface area contributed by atoms with Gasteiger partial charge in [-0.3, -0.25) is 4.79 Å². The molecule has 0 unspecified atom stereocenters. The molecule has 1 aromatic rings. The Morgan fingerprint density at radius 1 is 1.00 bits per heavy atom. The Bertz CT molecular complexity index is 1600. The number of methoxy groups -OCH3 is 1. The van der Waals surface area contributed by atoms with Crippen molar-refractivity contribution in [3.05, 3.63) is 29.3 Å². The van der Waals surface area contributed by atoms with Gasteiger partial charge < -0.3 is 69.1 Å². The largest absolute Gasteiger partial charge is 0.459 e. The Labute approximate surface area is 367 Å². The van der Waals surface area contributed by atoms with Crippen LogP contribution in [0, 0.1) is 17.8 Å². The van der Waals surface area contributed by atoms with Gasteiger partial charge in [-0.25, -0.2) is 4.79 Å². The summed E-state index contributed by atoms with van der Waals surface area (Å²) in [5, 5.41) is 62.7. The molecule has 0 aliphatic carbocycles. The van der Waals surface area contributed by atoms with Crippen LogP contribution in [0.4, 0.5) is 10.5 Å². The van der Waals surface area contributed by atoms with Crippen molar-refractivity contribution in [3.8, 4) is 0 Å². The summed E-state index contributed by atoms with van der Waals surface area (Å²) in [4.78, 5) is 31.9. The average molecular weight is 889 g/mol. The highest BCUT2D eigenvalue weighted by molar-refractivity contribution is 6.30. The molecule has 3 heterocycles. The number of ether oxygens (including phenoxy) is 6. The molecular weight excluding hydrogens is 814 g/mol. The molecule has 4 rings (SSSR count). The van der Waals surface area contributed by atoms with Gasteiger partial charge in [-0.2, -0.15) is 0 Å². The third-order valence-electron chi connectivity index (χ3n) is 13.2. The number of carbonyl (C=O) groups excluding carboxylic acids is 2. The number of benzene rings is 1. The lowest BCUT2D eigenvalue weighted by molar-refractivity contribution is -0.318. The van der Waals surface area contributed by atoms with Crippen LogP contribution in [0.1, 0.15) is 94.9 Å². The van der Waals surface area contributed by atoms with Gasteiger partial charge in [-0.1, -0.05) is 38.4 Å². The minimum Gasteiger partial charge on any atom is -0.459 e. The number of nitrogens with one attached hydrogen (secondary N) is 1. The van der Waals surface area contributed by atoms with Crippen LogP contribution in [0.5, 0.6) is 0 Å². The maximum absolute atomic E-state index is 14.5. The van der Waals surface area contributed by atoms with E-state index in [9.17, 15) is 35.1 Å². The van der Waals surface area contributed by atoms with E-state index in [2.05, 4.69) is 5.32 Å². The maximum Gasteiger partial charge on any atom is 0.322 e. The van der Waals surface area contributed by atoms with Gasteiger partial charge in [0.1, 0.15) is 30.0 Å². The Kier molecular flexibility index (Phi) is 17.5. The van der Waals surface area contributed by atoms with Crippen molar-refractivity contribution in [2.24, 2.45) is 17.8 Å². The summed E-state index contributed by atoms with van der Waals surface area (Å²) in [6, 6.07) is 4.59. The minimum atomic E-state index is -2.06. The Morgan fingerprint density at radius 3 is 2.25 bits per heavy atom. The zero-order valence-electron chi connectivity index (χ0n) is 38.3. The second-order valence-electron chi connectivity index (χ2n) is 18.8. The van der Waals surface area contributed by atoms with Gasteiger partial charge in [0.15, 0.2) is 12.6 Å². The molecule has 3 aliphatic heterocycles. The topological polar surface area (TPSA) is 209 Å². The van der Waals surface area contributed by atoms with Crippen LogP contribution in [0.15, 0.2) is 24.3 Å². The highest BCUT2D eigenvalue weighted by Crippen LogP contribution is 2.40. The number of halogens is 1. The van der Waals surface area contributed by atoms with E-state index >= 15 is 0 Å². The summed E-state index contributed by atoms with van der Waals surface area (Å²) in [6.45, 7) is 16.8. The van der Waals surface area contributed by atoms with Gasteiger partial charge in [-0.15, -0.1) is 0 Å². The number of rotatable bonds is 8. The van der Waals surface area contributed by atoms with Gasteiger partial charge in [0.2, 0.25) is 0 Å². The van der Waals surface area contributed by atoms with Crippen molar-refractivity contribution >= 4 is 29.3 Å². The van der Waals surface area contributed by atoms with E-state index in [0.717, 1.165) is 0 Å². The molecule has 16 nitrogen and oxygen atoms in total. The van der Waals surface area contributed by atoms with Crippen molar-refractivity contribution in [2.45, 2.75) is 185 Å². The van der Waals surface area contributed by atoms with E-state index in [-0.39, 0.29) is 38.0 Å². The molecule has 18 atom stereocenters. The number of urea groups is 1. The van der Waals surface area contributed by atoms with E-state index in [0.29, 0.717) is 17.1 Å². The van der Waals surface area contributed by atoms with E-state index < -0.39 is 108 Å². The lowest BCUT2D eigenvalue weighted by Gasteiger charge is -2.48. The van der Waals surface area contributed by atoms with Crippen LogP contribution in [0.3, 0.4) is 0 Å². The van der Waals surface area contributed by atoms with Crippen molar-refractivity contribution in [3.63, 3.8) is 0 Å². The first-order valence-electron chi connectivity index (χ1n) is 21.6. The number of nitrogens with zero attached hydrogens (tertiary/aromatic N) is 2. The highest BCUT2D eigenvalue weighted by atomic mass is 35.5. The summed E-state index contributed by atoms with van der Waals surface area (Å²) in [5.74, 6) is -3.25. The number of aliphatic hydroxyl groups excluding tert-OH is 3. The van der Waals surface area contributed by atoms with Crippen LogP contribution >= 0.6 is 11.6 Å². The Hall–Kier alpha value is -2.19. The summed E-state index contributed by atoms with van der Waals surface area (Å²) in [5.41, 5.74) is -4.49. The molecule has 0 saturated carbocycles. The third-order valence-corrected chi connectivity index (χ3v) is 13.5. The molecule has 6 N–H and O–H groups in total. The summed E-state index contributed by atoms with van der Waals surface area (Å²) < 4.78 is 37.7. The predicted octanol–water partition coefficient (Wildman–Crippen LogP) is 4.16. The maximum atomic E-state index is 14.5. The number of aliphatic hydroxyl groups is 5. The monoisotopic (exact) mass is 887 g/mol. The first-order chi connectivity index (χ1) is 28.3. The lowest BCUT2D eigenvalue weighted by atomic mass is 9.77. The SMILES string of the molecule is CC[C@H]1OC(=O)[C@H](C)[C@@H](O[C@H]2C[C@@](C)(OC)[C@@H](O)[C@H](C)O2)[C@H](C)[C@@H](O[C@@H]2O[C@H](C)C[C@H](N(C)C)[C@H]2O)[C@](C)(O)C[C@@H](C)CN(C(=O)Nc2cccc(Cl)c2)[C@H](C)[C@@H](O)[C@]1(C)O. The number of amides is 2. The van der Waals surface area contributed by atoms with Crippen LogP contribution in [0.25, 0.3) is 0 Å². The number of cyclic esters (lactones) is 1. The van der Waals surface area contributed by atoms with Crippen molar-refractivity contribution in [2.75, 3.05) is 33.1 Å². The minimum absolute atomic E-state index is 0.00563. The number of likely N-dealkylation sites (N-methyl/N-ethyl adjacent to an activating group) is 1. The fourth-order valence-electron chi connectivity index (χ4n) is 9.54. The fraction of sp³-hybridized carbons (Fsp3) is 0.818. The average Bonchev–Trinajstić information content (AvgIpc) is 3.18. The first kappa shape index (κ1) is 51.4. The molecule has 3 aliphatic rings. The smallest absolute Gasteiger partial charge is 0.322 e. The van der Waals surface area contributed by atoms with Crippen LogP contribution < -0.4 is 5.32 Å². The van der Waals surface area contributed by atoms with E-state index in [1.165, 1.54) is 18.9 Å². The summed E-state index contributed by atoms with van der Waals surface area (Å²) >= 11 is 6.23. The zero-order valence-corrected chi connectivity index (χ0v) is 39.0. The number of anilines is 1. The normalized spacial score (nSPS) is 43.6. The predicted molar refractivity (Wildman–Crippen MR) is 229 cm³/mol. The molecule has 3 saturated heterocycles. The number of carbonyl (C=O) groups is 2. The molecule has 350 valence electrons. The highest BCUT2D eigenvalue weighted by Gasteiger charge is 2.53. The molecule has 0 radical (unpaired) electrons. The third kappa shape index (κ3) is 11.9. The van der Waals surface area contributed by atoms with Gasteiger partial charge in [0, 0.05) is 42.7 Å².